The van der Waals surface area contributed by atoms with Crippen LogP contribution in [0.5, 0.6) is 5.75 Å². The molecular weight excluding hydrogens is 192 g/mol. The van der Waals surface area contributed by atoms with Crippen molar-refractivity contribution in [3.8, 4) is 5.75 Å². The van der Waals surface area contributed by atoms with Gasteiger partial charge in [0.2, 0.25) is 0 Å². The first kappa shape index (κ1) is 11.4. The van der Waals surface area contributed by atoms with Gasteiger partial charge in [-0.3, -0.25) is 0 Å². The molecule has 0 aliphatic heterocycles. The van der Waals surface area contributed by atoms with Crippen LogP contribution in [0.15, 0.2) is 29.2 Å². The molecule has 0 spiro atoms. The summed E-state index contributed by atoms with van der Waals surface area (Å²) in [5.41, 5.74) is 0. The number of para-hydroxylation sites is 1. The highest BCUT2D eigenvalue weighted by atomic mass is 32.2. The van der Waals surface area contributed by atoms with Crippen molar-refractivity contribution in [1.82, 2.24) is 0 Å². The molecule has 0 saturated heterocycles. The molecule has 0 radical (unpaired) electrons. The molecule has 0 amide bonds. The number of hydrogen-bond donors (Lipinski definition) is 0. The molecule has 0 aliphatic rings. The lowest BCUT2D eigenvalue weighted by molar-refractivity contribution is 0.405. The third-order valence-corrected chi connectivity index (χ3v) is 3.22. The Hall–Kier alpha value is -0.630. The molecule has 0 saturated carbocycles. The summed E-state index contributed by atoms with van der Waals surface area (Å²) in [6.07, 6.45) is 3.90. The first-order valence-corrected chi connectivity index (χ1v) is 6.13. The predicted molar refractivity (Wildman–Crippen MR) is 63.2 cm³/mol. The fraction of sp³-hybridized carbons (Fsp3) is 0.500. The minimum atomic E-state index is 0.994. The molecule has 0 aromatic heterocycles. The van der Waals surface area contributed by atoms with E-state index in [0.717, 1.165) is 5.75 Å². The third-order valence-electron chi connectivity index (χ3n) is 2.07. The van der Waals surface area contributed by atoms with Crippen LogP contribution in [0, 0.1) is 0 Å². The second-order valence-electron chi connectivity index (χ2n) is 3.21. The summed E-state index contributed by atoms with van der Waals surface area (Å²) in [5, 5.41) is 0. The molecule has 0 bridgehead atoms. The Morgan fingerprint density at radius 2 is 2.00 bits per heavy atom. The van der Waals surface area contributed by atoms with E-state index in [4.69, 9.17) is 4.74 Å². The third kappa shape index (κ3) is 3.62. The molecule has 2 heteroatoms. The van der Waals surface area contributed by atoms with Crippen LogP contribution in [0.1, 0.15) is 26.2 Å². The number of benzene rings is 1. The van der Waals surface area contributed by atoms with E-state index in [1.165, 1.54) is 29.9 Å². The largest absolute Gasteiger partial charge is 0.496 e. The first-order valence-electron chi connectivity index (χ1n) is 5.14. The number of hydrogen-bond acceptors (Lipinski definition) is 2. The Labute approximate surface area is 90.9 Å². The molecule has 1 aromatic rings. The quantitative estimate of drug-likeness (QED) is 0.519. The van der Waals surface area contributed by atoms with Crippen molar-refractivity contribution in [3.05, 3.63) is 24.3 Å². The maximum absolute atomic E-state index is 5.28. The van der Waals surface area contributed by atoms with Crippen LogP contribution in [0.3, 0.4) is 0 Å². The molecule has 0 unspecified atom stereocenters. The summed E-state index contributed by atoms with van der Waals surface area (Å²) >= 11 is 1.89. The molecule has 1 aromatic carbocycles. The smallest absolute Gasteiger partial charge is 0.132 e. The lowest BCUT2D eigenvalue weighted by Gasteiger charge is -2.06. The summed E-state index contributed by atoms with van der Waals surface area (Å²) in [4.78, 5) is 1.26. The van der Waals surface area contributed by atoms with Gasteiger partial charge >= 0.3 is 0 Å². The molecule has 1 nitrogen and oxygen atoms in total. The zero-order valence-corrected chi connectivity index (χ0v) is 9.77. The molecule has 0 atom stereocenters. The van der Waals surface area contributed by atoms with Gasteiger partial charge < -0.3 is 4.74 Å². The maximum Gasteiger partial charge on any atom is 0.132 e. The van der Waals surface area contributed by atoms with Crippen molar-refractivity contribution in [3.63, 3.8) is 0 Å². The van der Waals surface area contributed by atoms with Gasteiger partial charge in [0.25, 0.3) is 0 Å². The molecule has 1 rings (SSSR count). The van der Waals surface area contributed by atoms with Crippen molar-refractivity contribution < 1.29 is 4.74 Å². The van der Waals surface area contributed by atoms with Gasteiger partial charge in [0.1, 0.15) is 5.75 Å². The van der Waals surface area contributed by atoms with E-state index in [1.807, 2.05) is 23.9 Å². The number of methoxy groups -OCH3 is 1. The topological polar surface area (TPSA) is 9.23 Å². The molecule has 14 heavy (non-hydrogen) atoms. The van der Waals surface area contributed by atoms with E-state index >= 15 is 0 Å². The molecular formula is C12H18OS. The van der Waals surface area contributed by atoms with Crippen LogP contribution < -0.4 is 4.74 Å². The fourth-order valence-corrected chi connectivity index (χ4v) is 2.31. The highest BCUT2D eigenvalue weighted by Gasteiger charge is 2.00. The zero-order valence-electron chi connectivity index (χ0n) is 8.95. The summed E-state index contributed by atoms with van der Waals surface area (Å²) in [6.45, 7) is 2.23. The Kier molecular flexibility index (Phi) is 5.53. The van der Waals surface area contributed by atoms with Gasteiger partial charge in [-0.05, 0) is 24.3 Å². The standard InChI is InChI=1S/C12H18OS/c1-3-4-7-10-14-12-9-6-5-8-11(12)13-2/h5-6,8-9H,3-4,7,10H2,1-2H3. The highest BCUT2D eigenvalue weighted by molar-refractivity contribution is 7.99. The van der Waals surface area contributed by atoms with E-state index in [-0.39, 0.29) is 0 Å². The van der Waals surface area contributed by atoms with Crippen molar-refractivity contribution in [1.29, 1.82) is 0 Å². The second-order valence-corrected chi connectivity index (χ2v) is 4.34. The van der Waals surface area contributed by atoms with Gasteiger partial charge in [-0.2, -0.15) is 0 Å². The zero-order chi connectivity index (χ0) is 10.2. The number of unbranched alkanes of at least 4 members (excludes halogenated alkanes) is 2. The minimum absolute atomic E-state index is 0.994. The molecule has 0 N–H and O–H groups in total. The van der Waals surface area contributed by atoms with Gasteiger partial charge in [0, 0.05) is 4.90 Å². The predicted octanol–water partition coefficient (Wildman–Crippen LogP) is 3.98. The van der Waals surface area contributed by atoms with Gasteiger partial charge in [-0.1, -0.05) is 31.9 Å². The summed E-state index contributed by atoms with van der Waals surface area (Å²) in [6, 6.07) is 8.21. The first-order chi connectivity index (χ1) is 6.88. The average molecular weight is 210 g/mol. The van der Waals surface area contributed by atoms with Gasteiger partial charge in [-0.25, -0.2) is 0 Å². The lowest BCUT2D eigenvalue weighted by atomic mass is 10.3. The Bertz CT molecular complexity index is 260. The maximum atomic E-state index is 5.28. The molecule has 78 valence electrons. The van der Waals surface area contributed by atoms with Crippen LogP contribution in [-0.2, 0) is 0 Å². The van der Waals surface area contributed by atoms with Crippen molar-refractivity contribution >= 4 is 11.8 Å². The molecule has 0 fully saturated rings. The SMILES string of the molecule is CCCCCSc1ccccc1OC. The van der Waals surface area contributed by atoms with E-state index in [9.17, 15) is 0 Å². The van der Waals surface area contributed by atoms with Gasteiger partial charge in [0.15, 0.2) is 0 Å². The Morgan fingerprint density at radius 3 is 2.71 bits per heavy atom. The second kappa shape index (κ2) is 6.77. The molecule has 0 aliphatic carbocycles. The van der Waals surface area contributed by atoms with E-state index in [2.05, 4.69) is 19.1 Å². The number of rotatable bonds is 6. The minimum Gasteiger partial charge on any atom is -0.496 e. The Morgan fingerprint density at radius 1 is 1.21 bits per heavy atom. The van der Waals surface area contributed by atoms with Crippen LogP contribution >= 0.6 is 11.8 Å². The van der Waals surface area contributed by atoms with Crippen molar-refractivity contribution in [2.75, 3.05) is 12.9 Å². The van der Waals surface area contributed by atoms with Crippen LogP contribution in [0.25, 0.3) is 0 Å². The monoisotopic (exact) mass is 210 g/mol. The number of thioether (sulfide) groups is 1. The Balaban J connectivity index is 2.41. The van der Waals surface area contributed by atoms with Gasteiger partial charge in [0.05, 0.1) is 7.11 Å². The van der Waals surface area contributed by atoms with Crippen molar-refractivity contribution in [2.24, 2.45) is 0 Å². The number of ether oxygens (including phenoxy) is 1. The van der Waals surface area contributed by atoms with E-state index < -0.39 is 0 Å². The summed E-state index contributed by atoms with van der Waals surface area (Å²) in [5.74, 6) is 2.18. The van der Waals surface area contributed by atoms with Crippen LogP contribution in [-0.4, -0.2) is 12.9 Å². The van der Waals surface area contributed by atoms with Crippen molar-refractivity contribution in [2.45, 2.75) is 31.1 Å². The van der Waals surface area contributed by atoms with E-state index in [0.29, 0.717) is 0 Å². The fourth-order valence-electron chi connectivity index (χ4n) is 1.27. The summed E-state index contributed by atoms with van der Waals surface area (Å²) in [7, 11) is 1.73. The van der Waals surface area contributed by atoms with E-state index in [1.54, 1.807) is 7.11 Å². The summed E-state index contributed by atoms with van der Waals surface area (Å²) < 4.78 is 5.28. The molecule has 0 heterocycles. The lowest BCUT2D eigenvalue weighted by Crippen LogP contribution is -1.86. The normalized spacial score (nSPS) is 10.1. The van der Waals surface area contributed by atoms with Crippen LogP contribution in [0.2, 0.25) is 0 Å². The van der Waals surface area contributed by atoms with Gasteiger partial charge in [-0.15, -0.1) is 11.8 Å². The average Bonchev–Trinajstić information content (AvgIpc) is 2.25. The highest BCUT2D eigenvalue weighted by Crippen LogP contribution is 2.29. The van der Waals surface area contributed by atoms with Crippen LogP contribution in [0.4, 0.5) is 0 Å².